The number of nitrogens with zero attached hydrogens (tertiary/aromatic N) is 1. The number of aliphatic hydroxyl groups excluding tert-OH is 1. The minimum absolute atomic E-state index is 0.00661. The van der Waals surface area contributed by atoms with Gasteiger partial charge in [-0.05, 0) is 33.2 Å². The zero-order chi connectivity index (χ0) is 12.2. The maximum atomic E-state index is 12.0. The van der Waals surface area contributed by atoms with Crippen molar-refractivity contribution in [2.24, 2.45) is 0 Å². The molecule has 0 aromatic heterocycles. The maximum absolute atomic E-state index is 12.0. The highest BCUT2D eigenvalue weighted by molar-refractivity contribution is 5.77. The van der Waals surface area contributed by atoms with Gasteiger partial charge in [0, 0.05) is 19.5 Å². The van der Waals surface area contributed by atoms with Gasteiger partial charge in [-0.25, -0.2) is 0 Å². The molecule has 1 fully saturated rings. The van der Waals surface area contributed by atoms with E-state index in [1.807, 2.05) is 13.8 Å². The van der Waals surface area contributed by atoms with Crippen molar-refractivity contribution >= 4 is 5.91 Å². The van der Waals surface area contributed by atoms with E-state index < -0.39 is 5.54 Å². The number of likely N-dealkylation sites (N-methyl/N-ethyl adjacent to an activating group) is 1. The van der Waals surface area contributed by atoms with E-state index in [1.165, 1.54) is 12.8 Å². The summed E-state index contributed by atoms with van der Waals surface area (Å²) in [5, 5.41) is 12.6. The Kier molecular flexibility index (Phi) is 4.74. The van der Waals surface area contributed by atoms with Gasteiger partial charge >= 0.3 is 0 Å². The topological polar surface area (TPSA) is 52.6 Å². The number of carbonyl (C=O) groups is 1. The number of piperidine rings is 1. The largest absolute Gasteiger partial charge is 0.394 e. The molecule has 0 spiro atoms. The Balaban J connectivity index is 2.44. The molecule has 4 nitrogen and oxygen atoms in total. The molecule has 1 aliphatic heterocycles. The van der Waals surface area contributed by atoms with E-state index in [0.29, 0.717) is 12.5 Å². The van der Waals surface area contributed by atoms with Gasteiger partial charge < -0.3 is 15.3 Å². The van der Waals surface area contributed by atoms with Crippen LogP contribution < -0.4 is 5.32 Å². The van der Waals surface area contributed by atoms with E-state index in [2.05, 4.69) is 5.32 Å². The van der Waals surface area contributed by atoms with Gasteiger partial charge in [0.1, 0.15) is 0 Å². The van der Waals surface area contributed by atoms with Crippen molar-refractivity contribution in [2.45, 2.75) is 51.1 Å². The van der Waals surface area contributed by atoms with Crippen LogP contribution in [0.4, 0.5) is 0 Å². The van der Waals surface area contributed by atoms with E-state index >= 15 is 0 Å². The molecule has 16 heavy (non-hydrogen) atoms. The first-order chi connectivity index (χ1) is 7.47. The number of hydrogen-bond donors (Lipinski definition) is 2. The van der Waals surface area contributed by atoms with Crippen molar-refractivity contribution in [1.29, 1.82) is 0 Å². The third-order valence-electron chi connectivity index (χ3n) is 3.50. The third-order valence-corrected chi connectivity index (χ3v) is 3.50. The number of aliphatic hydroxyl groups is 1. The van der Waals surface area contributed by atoms with Crippen LogP contribution in [-0.4, -0.2) is 47.7 Å². The summed E-state index contributed by atoms with van der Waals surface area (Å²) in [6, 6.07) is 0.318. The number of amides is 1. The summed E-state index contributed by atoms with van der Waals surface area (Å²) in [4.78, 5) is 13.6. The molecule has 94 valence electrons. The Labute approximate surface area is 98.0 Å². The van der Waals surface area contributed by atoms with Crippen LogP contribution in [0.3, 0.4) is 0 Å². The first-order valence-corrected chi connectivity index (χ1v) is 6.08. The highest BCUT2D eigenvalue weighted by Gasteiger charge is 2.28. The van der Waals surface area contributed by atoms with Gasteiger partial charge in [0.2, 0.25) is 5.91 Å². The van der Waals surface area contributed by atoms with E-state index in [0.717, 1.165) is 13.0 Å². The lowest BCUT2D eigenvalue weighted by atomic mass is 9.99. The summed E-state index contributed by atoms with van der Waals surface area (Å²) >= 11 is 0. The third kappa shape index (κ3) is 3.46. The molecule has 1 atom stereocenters. The van der Waals surface area contributed by atoms with Crippen molar-refractivity contribution in [2.75, 3.05) is 20.2 Å². The molecule has 2 N–H and O–H groups in total. The zero-order valence-electron chi connectivity index (χ0n) is 10.6. The Morgan fingerprint density at radius 3 is 2.69 bits per heavy atom. The van der Waals surface area contributed by atoms with Gasteiger partial charge in [-0.1, -0.05) is 6.42 Å². The van der Waals surface area contributed by atoms with E-state index in [1.54, 1.807) is 11.9 Å². The molecule has 0 bridgehead atoms. The van der Waals surface area contributed by atoms with Gasteiger partial charge in [0.05, 0.1) is 12.1 Å². The fraction of sp³-hybridized carbons (Fsp3) is 0.917. The van der Waals surface area contributed by atoms with E-state index in [-0.39, 0.29) is 12.5 Å². The van der Waals surface area contributed by atoms with Crippen LogP contribution in [0.15, 0.2) is 0 Å². The molecule has 1 rings (SSSR count). The monoisotopic (exact) mass is 228 g/mol. The Morgan fingerprint density at radius 2 is 2.19 bits per heavy atom. The predicted molar refractivity (Wildman–Crippen MR) is 64.2 cm³/mol. The molecular formula is C12H24N2O2. The summed E-state index contributed by atoms with van der Waals surface area (Å²) in [7, 11) is 1.77. The molecule has 1 saturated heterocycles. The number of rotatable bonds is 4. The lowest BCUT2D eigenvalue weighted by Gasteiger charge is -2.35. The standard InChI is InChI=1S/C12H24N2O2/c1-12(2,9-15)14(3)11(16)8-10-6-4-5-7-13-10/h10,13,15H,4-9H2,1-3H3. The minimum atomic E-state index is -0.467. The van der Waals surface area contributed by atoms with Gasteiger partial charge in [-0.15, -0.1) is 0 Å². The Bertz CT molecular complexity index is 235. The average Bonchev–Trinajstić information content (AvgIpc) is 2.29. The minimum Gasteiger partial charge on any atom is -0.394 e. The molecule has 0 radical (unpaired) electrons. The van der Waals surface area contributed by atoms with Gasteiger partial charge in [-0.2, -0.15) is 0 Å². The lowest BCUT2D eigenvalue weighted by molar-refractivity contribution is -0.136. The first-order valence-electron chi connectivity index (χ1n) is 6.08. The van der Waals surface area contributed by atoms with Crippen molar-refractivity contribution in [3.63, 3.8) is 0 Å². The molecule has 1 heterocycles. The molecule has 4 heteroatoms. The van der Waals surface area contributed by atoms with Crippen LogP contribution in [0, 0.1) is 0 Å². The quantitative estimate of drug-likeness (QED) is 0.746. The van der Waals surface area contributed by atoms with Crippen LogP contribution in [-0.2, 0) is 4.79 Å². The van der Waals surface area contributed by atoms with Crippen molar-refractivity contribution in [1.82, 2.24) is 10.2 Å². The first kappa shape index (κ1) is 13.5. The smallest absolute Gasteiger partial charge is 0.224 e. The highest BCUT2D eigenvalue weighted by atomic mass is 16.3. The van der Waals surface area contributed by atoms with Gasteiger partial charge in [0.15, 0.2) is 0 Å². The second-order valence-corrected chi connectivity index (χ2v) is 5.27. The summed E-state index contributed by atoms with van der Waals surface area (Å²) in [5.41, 5.74) is -0.467. The zero-order valence-corrected chi connectivity index (χ0v) is 10.6. The molecule has 0 saturated carbocycles. The van der Waals surface area contributed by atoms with Crippen LogP contribution in [0.25, 0.3) is 0 Å². The Morgan fingerprint density at radius 1 is 1.50 bits per heavy atom. The molecule has 1 aliphatic rings. The molecule has 1 amide bonds. The van der Waals surface area contributed by atoms with Crippen LogP contribution in [0.5, 0.6) is 0 Å². The fourth-order valence-corrected chi connectivity index (χ4v) is 1.89. The summed E-state index contributed by atoms with van der Waals surface area (Å²) in [6.45, 7) is 4.76. The SMILES string of the molecule is CN(C(=O)CC1CCCCN1)C(C)(C)CO. The highest BCUT2D eigenvalue weighted by Crippen LogP contribution is 2.16. The lowest BCUT2D eigenvalue weighted by Crippen LogP contribution is -2.49. The maximum Gasteiger partial charge on any atom is 0.224 e. The molecule has 0 aromatic carbocycles. The number of nitrogens with one attached hydrogen (secondary N) is 1. The van der Waals surface area contributed by atoms with E-state index in [9.17, 15) is 9.90 Å². The van der Waals surface area contributed by atoms with Crippen LogP contribution in [0.1, 0.15) is 39.5 Å². The molecule has 0 aliphatic carbocycles. The Hall–Kier alpha value is -0.610. The van der Waals surface area contributed by atoms with Gasteiger partial charge in [-0.3, -0.25) is 4.79 Å². The van der Waals surface area contributed by atoms with Crippen LogP contribution in [0.2, 0.25) is 0 Å². The number of hydrogen-bond acceptors (Lipinski definition) is 3. The van der Waals surface area contributed by atoms with Gasteiger partial charge in [0.25, 0.3) is 0 Å². The average molecular weight is 228 g/mol. The predicted octanol–water partition coefficient (Wildman–Crippen LogP) is 0.748. The normalized spacial score (nSPS) is 21.9. The molecule has 0 aromatic rings. The summed E-state index contributed by atoms with van der Waals surface area (Å²) in [6.07, 6.45) is 4.04. The molecule has 1 unspecified atom stereocenters. The second kappa shape index (κ2) is 5.64. The fourth-order valence-electron chi connectivity index (χ4n) is 1.89. The number of carbonyl (C=O) groups excluding carboxylic acids is 1. The summed E-state index contributed by atoms with van der Waals surface area (Å²) in [5.74, 6) is 0.110. The van der Waals surface area contributed by atoms with E-state index in [4.69, 9.17) is 0 Å². The summed E-state index contributed by atoms with van der Waals surface area (Å²) < 4.78 is 0. The second-order valence-electron chi connectivity index (χ2n) is 5.27. The van der Waals surface area contributed by atoms with Crippen molar-refractivity contribution in [3.8, 4) is 0 Å². The molecular weight excluding hydrogens is 204 g/mol. The van der Waals surface area contributed by atoms with Crippen molar-refractivity contribution < 1.29 is 9.90 Å². The van der Waals surface area contributed by atoms with Crippen LogP contribution >= 0.6 is 0 Å². The van der Waals surface area contributed by atoms with Crippen molar-refractivity contribution in [3.05, 3.63) is 0 Å².